The third kappa shape index (κ3) is 4.04. The Labute approximate surface area is 170 Å². The summed E-state index contributed by atoms with van der Waals surface area (Å²) in [7, 11) is 0. The number of rotatable bonds is 5. The van der Waals surface area contributed by atoms with E-state index in [0.29, 0.717) is 0 Å². The largest absolute Gasteiger partial charge is 0.297 e. The maximum absolute atomic E-state index is 4.64. The molecule has 1 aromatic carbocycles. The van der Waals surface area contributed by atoms with E-state index in [1.807, 2.05) is 52.5 Å². The molecule has 0 radical (unpaired) electrons. The van der Waals surface area contributed by atoms with E-state index in [4.69, 9.17) is 0 Å². The van der Waals surface area contributed by atoms with Crippen molar-refractivity contribution >= 4 is 38.9 Å². The van der Waals surface area contributed by atoms with Gasteiger partial charge in [-0.05, 0) is 48.4 Å². The third-order valence-corrected chi connectivity index (χ3v) is 5.31. The Kier molecular flexibility index (Phi) is 6.71. The van der Waals surface area contributed by atoms with Crippen molar-refractivity contribution in [1.29, 1.82) is 0 Å². The number of thiophene rings is 1. The van der Waals surface area contributed by atoms with Gasteiger partial charge in [0.15, 0.2) is 5.65 Å². The lowest BCUT2D eigenvalue weighted by molar-refractivity contribution is 1.01. The number of aliphatic imine (C=N–C) groups is 1. The molecule has 0 atom stereocenters. The monoisotopic (exact) mass is 390 g/mol. The average Bonchev–Trinajstić information content (AvgIpc) is 3.38. The van der Waals surface area contributed by atoms with Gasteiger partial charge in [0.2, 0.25) is 0 Å². The molecule has 0 fully saturated rings. The number of hydrogen-bond acceptors (Lipinski definition) is 4. The Hall–Kier alpha value is -2.79. The number of aromatic nitrogens is 3. The van der Waals surface area contributed by atoms with Gasteiger partial charge in [-0.1, -0.05) is 26.0 Å². The minimum absolute atomic E-state index is 0.765. The van der Waals surface area contributed by atoms with E-state index in [1.54, 1.807) is 11.3 Å². The second kappa shape index (κ2) is 9.42. The molecule has 4 aromatic rings. The molecule has 0 bridgehead atoms. The predicted octanol–water partition coefficient (Wildman–Crippen LogP) is 6.06. The van der Waals surface area contributed by atoms with Gasteiger partial charge in [-0.3, -0.25) is 14.4 Å². The molecule has 0 saturated heterocycles. The zero-order chi connectivity index (χ0) is 19.9. The molecule has 4 rings (SSSR count). The van der Waals surface area contributed by atoms with Crippen LogP contribution in [0.1, 0.15) is 44.6 Å². The highest BCUT2D eigenvalue weighted by atomic mass is 32.1. The van der Waals surface area contributed by atoms with Crippen LogP contribution in [0.4, 0.5) is 0 Å². The van der Waals surface area contributed by atoms with Crippen LogP contribution in [-0.2, 0) is 6.42 Å². The van der Waals surface area contributed by atoms with Crippen LogP contribution >= 0.6 is 11.3 Å². The number of nitrogens with zero attached hydrogens (tertiary/aromatic N) is 4. The van der Waals surface area contributed by atoms with E-state index in [-0.39, 0.29) is 0 Å². The highest BCUT2D eigenvalue weighted by Gasteiger charge is 2.11. The van der Waals surface area contributed by atoms with Crippen LogP contribution in [0.2, 0.25) is 0 Å². The van der Waals surface area contributed by atoms with Crippen molar-refractivity contribution in [2.45, 2.75) is 34.1 Å². The van der Waals surface area contributed by atoms with Crippen LogP contribution in [-0.4, -0.2) is 27.1 Å². The van der Waals surface area contributed by atoms with Gasteiger partial charge in [0.05, 0.1) is 17.6 Å². The smallest absolute Gasteiger partial charge is 0.159 e. The van der Waals surface area contributed by atoms with Gasteiger partial charge < -0.3 is 0 Å². The molecule has 0 aliphatic carbocycles. The zero-order valence-corrected chi connectivity index (χ0v) is 17.7. The number of fused-ring (bicyclic) bond motifs is 2. The maximum atomic E-state index is 4.64. The second-order valence-electron chi connectivity index (χ2n) is 6.05. The van der Waals surface area contributed by atoms with E-state index in [1.165, 1.54) is 15.6 Å². The van der Waals surface area contributed by atoms with Gasteiger partial charge in [0, 0.05) is 41.8 Å². The van der Waals surface area contributed by atoms with E-state index < -0.39 is 0 Å². The first-order valence-electron chi connectivity index (χ1n) is 9.73. The van der Waals surface area contributed by atoms with Crippen molar-refractivity contribution in [2.24, 2.45) is 4.99 Å². The molecule has 0 amide bonds. The number of benzene rings is 1. The summed E-state index contributed by atoms with van der Waals surface area (Å²) in [6.07, 6.45) is 10.5. The predicted molar refractivity (Wildman–Crippen MR) is 122 cm³/mol. The summed E-state index contributed by atoms with van der Waals surface area (Å²) < 4.78 is 3.42. The summed E-state index contributed by atoms with van der Waals surface area (Å²) in [5.41, 5.74) is 5.24. The number of hydrogen-bond donors (Lipinski definition) is 0. The van der Waals surface area contributed by atoms with E-state index in [0.717, 1.165) is 35.6 Å². The Morgan fingerprint density at radius 1 is 1.21 bits per heavy atom. The first-order chi connectivity index (χ1) is 13.8. The minimum Gasteiger partial charge on any atom is -0.297 e. The van der Waals surface area contributed by atoms with Crippen molar-refractivity contribution in [1.82, 2.24) is 14.4 Å². The lowest BCUT2D eigenvalue weighted by Crippen LogP contribution is -2.00. The minimum atomic E-state index is 0.765. The van der Waals surface area contributed by atoms with Gasteiger partial charge in [-0.15, -0.1) is 11.3 Å². The van der Waals surface area contributed by atoms with Gasteiger partial charge in [0.1, 0.15) is 0 Å². The average molecular weight is 391 g/mol. The summed E-state index contributed by atoms with van der Waals surface area (Å²) in [4.78, 5) is 13.6. The fraction of sp³-hybridized carbons (Fsp3) is 0.261. The van der Waals surface area contributed by atoms with E-state index in [2.05, 4.69) is 55.1 Å². The molecular formula is C23H26N4S. The summed E-state index contributed by atoms with van der Waals surface area (Å²) in [5, 5.41) is 3.42. The van der Waals surface area contributed by atoms with Gasteiger partial charge in [-0.2, -0.15) is 0 Å². The standard InChI is InChI=1S/C21H20N4S.C2H6/c1-3-16(13-22-4-2)19-14-24-21-18(23-8-9-25(19)21)12-15-5-6-20-17(11-15)7-10-26-20;1-2/h3,5-11,13-14H,4,12H2,1-2H3;1-2H3/b16-3+,22-13?;. The van der Waals surface area contributed by atoms with Crippen LogP contribution in [0.15, 0.2) is 59.3 Å². The molecule has 3 heterocycles. The van der Waals surface area contributed by atoms with Crippen LogP contribution < -0.4 is 0 Å². The zero-order valence-electron chi connectivity index (χ0n) is 16.9. The molecular weight excluding hydrogens is 364 g/mol. The van der Waals surface area contributed by atoms with E-state index in [9.17, 15) is 0 Å². The van der Waals surface area contributed by atoms with Gasteiger partial charge in [-0.25, -0.2) is 4.98 Å². The van der Waals surface area contributed by atoms with Crippen molar-refractivity contribution in [3.8, 4) is 0 Å². The topological polar surface area (TPSA) is 42.5 Å². The molecule has 0 spiro atoms. The number of allylic oxidation sites excluding steroid dienone is 2. The molecule has 3 aromatic heterocycles. The fourth-order valence-electron chi connectivity index (χ4n) is 3.11. The summed E-state index contributed by atoms with van der Waals surface area (Å²) in [6, 6.07) is 8.77. The first-order valence-corrected chi connectivity index (χ1v) is 10.6. The van der Waals surface area contributed by atoms with Crippen molar-refractivity contribution < 1.29 is 0 Å². The van der Waals surface area contributed by atoms with Crippen molar-refractivity contribution in [2.75, 3.05) is 6.54 Å². The van der Waals surface area contributed by atoms with Crippen molar-refractivity contribution in [3.63, 3.8) is 0 Å². The Bertz CT molecular complexity index is 1120. The Morgan fingerprint density at radius 3 is 2.86 bits per heavy atom. The molecule has 0 N–H and O–H groups in total. The van der Waals surface area contributed by atoms with Crippen LogP contribution in [0.5, 0.6) is 0 Å². The first kappa shape index (κ1) is 20.0. The normalized spacial score (nSPS) is 11.9. The van der Waals surface area contributed by atoms with E-state index >= 15 is 0 Å². The lowest BCUT2D eigenvalue weighted by atomic mass is 10.1. The summed E-state index contributed by atoms with van der Waals surface area (Å²) >= 11 is 1.77. The maximum Gasteiger partial charge on any atom is 0.159 e. The SMILES string of the molecule is C/C=C(\C=NCC)c1cnc2c(Cc3ccc4sccc4c3)nccn12.CC. The highest BCUT2D eigenvalue weighted by molar-refractivity contribution is 7.17. The molecule has 144 valence electrons. The molecule has 0 aliphatic rings. The van der Waals surface area contributed by atoms with Crippen LogP contribution in [0.3, 0.4) is 0 Å². The van der Waals surface area contributed by atoms with Crippen molar-refractivity contribution in [3.05, 3.63) is 71.3 Å². The van der Waals surface area contributed by atoms with Gasteiger partial charge >= 0.3 is 0 Å². The highest BCUT2D eigenvalue weighted by Crippen LogP contribution is 2.24. The second-order valence-corrected chi connectivity index (χ2v) is 7.00. The molecule has 5 heteroatoms. The van der Waals surface area contributed by atoms with Crippen LogP contribution in [0, 0.1) is 0 Å². The number of imidazole rings is 1. The molecule has 4 nitrogen and oxygen atoms in total. The Morgan fingerprint density at radius 2 is 2.07 bits per heavy atom. The molecule has 0 aliphatic heterocycles. The molecule has 0 unspecified atom stereocenters. The lowest BCUT2D eigenvalue weighted by Gasteiger charge is -2.06. The summed E-state index contributed by atoms with van der Waals surface area (Å²) in [6.45, 7) is 8.82. The fourth-order valence-corrected chi connectivity index (χ4v) is 3.88. The van der Waals surface area contributed by atoms with Gasteiger partial charge in [0.25, 0.3) is 0 Å². The Balaban J connectivity index is 0.00000109. The summed E-state index contributed by atoms with van der Waals surface area (Å²) in [5.74, 6) is 0. The molecule has 28 heavy (non-hydrogen) atoms. The quantitative estimate of drug-likeness (QED) is 0.389. The third-order valence-electron chi connectivity index (χ3n) is 4.41. The molecule has 0 saturated carbocycles. The van der Waals surface area contributed by atoms with Crippen LogP contribution in [0.25, 0.3) is 21.3 Å².